The van der Waals surface area contributed by atoms with Gasteiger partial charge in [0, 0.05) is 0 Å². The maximum Gasteiger partial charge on any atom is 0.0955 e. The van der Waals surface area contributed by atoms with E-state index in [1.807, 2.05) is 21.6 Å². The van der Waals surface area contributed by atoms with Gasteiger partial charge in [0.2, 0.25) is 0 Å². The summed E-state index contributed by atoms with van der Waals surface area (Å²) in [7, 11) is 17.7. The molecule has 98 valence electrons. The maximum atomic E-state index is 2.33. The highest BCUT2D eigenvalue weighted by molar-refractivity contribution is 8.76. The van der Waals surface area contributed by atoms with Gasteiger partial charge in [-0.25, -0.2) is 0 Å². The van der Waals surface area contributed by atoms with Gasteiger partial charge in [-0.1, -0.05) is 21.6 Å². The summed E-state index contributed by atoms with van der Waals surface area (Å²) in [6.45, 7) is 4.66. The van der Waals surface area contributed by atoms with E-state index in [0.29, 0.717) is 0 Å². The molecule has 16 heavy (non-hydrogen) atoms. The smallest absolute Gasteiger partial charge is 0.0955 e. The molecule has 4 heteroatoms. The van der Waals surface area contributed by atoms with Gasteiger partial charge in [0.05, 0.1) is 65.9 Å². The minimum Gasteiger partial charge on any atom is -0.328 e. The monoisotopic (exact) mass is 266 g/mol. The Morgan fingerprint density at radius 2 is 0.938 bits per heavy atom. The van der Waals surface area contributed by atoms with Crippen LogP contribution in [0, 0.1) is 0 Å². The van der Waals surface area contributed by atoms with Crippen LogP contribution in [0.15, 0.2) is 0 Å². The molecular weight excluding hydrogens is 236 g/mol. The van der Waals surface area contributed by atoms with Crippen molar-refractivity contribution in [1.82, 2.24) is 0 Å². The zero-order valence-corrected chi connectivity index (χ0v) is 13.9. The van der Waals surface area contributed by atoms with E-state index in [9.17, 15) is 0 Å². The molecule has 0 aromatic carbocycles. The van der Waals surface area contributed by atoms with Crippen LogP contribution in [-0.2, 0) is 0 Å². The van der Waals surface area contributed by atoms with Gasteiger partial charge in [0.1, 0.15) is 0 Å². The van der Waals surface area contributed by atoms with Crippen molar-refractivity contribution in [3.63, 3.8) is 0 Å². The number of hydrogen-bond donors (Lipinski definition) is 0. The van der Waals surface area contributed by atoms with Crippen molar-refractivity contribution in [1.29, 1.82) is 0 Å². The van der Waals surface area contributed by atoms with E-state index in [1.165, 1.54) is 11.5 Å². The predicted octanol–water partition coefficient (Wildman–Crippen LogP) is 2.56. The van der Waals surface area contributed by atoms with Gasteiger partial charge in [-0.15, -0.1) is 0 Å². The van der Waals surface area contributed by atoms with Crippen molar-refractivity contribution in [3.8, 4) is 0 Å². The average molecular weight is 267 g/mol. The third kappa shape index (κ3) is 7.05. The topological polar surface area (TPSA) is 0 Å². The van der Waals surface area contributed by atoms with Crippen LogP contribution >= 0.6 is 21.6 Å². The van der Waals surface area contributed by atoms with Gasteiger partial charge in [0.25, 0.3) is 0 Å². The van der Waals surface area contributed by atoms with Crippen LogP contribution in [0.3, 0.4) is 0 Å². The summed E-state index contributed by atoms with van der Waals surface area (Å²) in [6, 6.07) is 1.44. The summed E-state index contributed by atoms with van der Waals surface area (Å²) >= 11 is 0. The van der Waals surface area contributed by atoms with E-state index < -0.39 is 0 Å². The fraction of sp³-hybridized carbons (Fsp3) is 1.00. The van der Waals surface area contributed by atoms with Gasteiger partial charge in [-0.3, -0.25) is 0 Å². The number of nitrogens with zero attached hydrogens (tertiary/aromatic N) is 2. The molecule has 0 fully saturated rings. The second-order valence-electron chi connectivity index (χ2n) is 6.50. The molecule has 0 spiro atoms. The van der Waals surface area contributed by atoms with Crippen LogP contribution in [0.4, 0.5) is 0 Å². The van der Waals surface area contributed by atoms with Crippen molar-refractivity contribution in [2.24, 2.45) is 0 Å². The van der Waals surface area contributed by atoms with E-state index in [-0.39, 0.29) is 0 Å². The van der Waals surface area contributed by atoms with Crippen molar-refractivity contribution >= 4 is 21.6 Å². The summed E-state index contributed by atoms with van der Waals surface area (Å²) in [5, 5.41) is 0. The van der Waals surface area contributed by atoms with Crippen LogP contribution in [0.1, 0.15) is 13.8 Å². The first-order valence-electron chi connectivity index (χ1n) is 5.91. The molecule has 0 aliphatic heterocycles. The van der Waals surface area contributed by atoms with Crippen molar-refractivity contribution in [2.75, 3.05) is 53.8 Å². The minimum absolute atomic E-state index is 0.719. The Kier molecular flexibility index (Phi) is 6.78. The minimum atomic E-state index is 0.719. The number of rotatable bonds is 7. The molecule has 0 unspecified atom stereocenters. The molecule has 0 heterocycles. The molecule has 2 atom stereocenters. The molecule has 0 N–H and O–H groups in total. The average Bonchev–Trinajstić information content (AvgIpc) is 2.08. The Hall–Kier alpha value is 0.620. The largest absolute Gasteiger partial charge is 0.328 e. The third-order valence-electron chi connectivity index (χ3n) is 3.35. The molecule has 0 aromatic heterocycles. The van der Waals surface area contributed by atoms with Gasteiger partial charge >= 0.3 is 0 Å². The first-order valence-corrected chi connectivity index (χ1v) is 8.40. The molecule has 0 rings (SSSR count). The first-order chi connectivity index (χ1) is 7.05. The summed E-state index contributed by atoms with van der Waals surface area (Å²) in [4.78, 5) is 0. The van der Waals surface area contributed by atoms with Gasteiger partial charge in [0.15, 0.2) is 0 Å². The highest BCUT2D eigenvalue weighted by Crippen LogP contribution is 2.26. The van der Waals surface area contributed by atoms with E-state index in [1.54, 1.807) is 0 Å². The van der Waals surface area contributed by atoms with Crippen LogP contribution in [0.2, 0.25) is 0 Å². The SMILES string of the molecule is C[C@H](CSSC[C@@H](C)[N+](C)(C)C)[N+](C)(C)C. The lowest BCUT2D eigenvalue weighted by Crippen LogP contribution is -2.45. The van der Waals surface area contributed by atoms with Crippen LogP contribution < -0.4 is 0 Å². The lowest BCUT2D eigenvalue weighted by Gasteiger charge is -2.32. The van der Waals surface area contributed by atoms with Crippen molar-refractivity contribution < 1.29 is 8.97 Å². The summed E-state index contributed by atoms with van der Waals surface area (Å²) < 4.78 is 2.11. The van der Waals surface area contributed by atoms with E-state index >= 15 is 0 Å². The first kappa shape index (κ1) is 16.6. The Morgan fingerprint density at radius 1 is 0.688 bits per heavy atom. The number of hydrogen-bond acceptors (Lipinski definition) is 2. The fourth-order valence-electron chi connectivity index (χ4n) is 0.740. The highest BCUT2D eigenvalue weighted by atomic mass is 33.1. The molecule has 0 saturated carbocycles. The van der Waals surface area contributed by atoms with Crippen LogP contribution in [0.25, 0.3) is 0 Å². The Balaban J connectivity index is 3.70. The quantitative estimate of drug-likeness (QED) is 0.395. The second-order valence-corrected chi connectivity index (χ2v) is 9.05. The van der Waals surface area contributed by atoms with E-state index in [0.717, 1.165) is 21.0 Å². The standard InChI is InChI=1S/C12H30N2S2/c1-11(13(3,4)5)9-15-16-10-12(2)14(6,7)8/h11-12H,9-10H2,1-8H3/q+2/t11-,12-/m1/s1. The maximum absolute atomic E-state index is 2.33. The lowest BCUT2D eigenvalue weighted by molar-refractivity contribution is -0.891. The third-order valence-corrected chi connectivity index (χ3v) is 6.07. The normalized spacial score (nSPS) is 17.2. The molecule has 0 aromatic rings. The Bertz CT molecular complexity index is 172. The van der Waals surface area contributed by atoms with Gasteiger partial charge in [-0.05, 0) is 13.8 Å². The van der Waals surface area contributed by atoms with Crippen molar-refractivity contribution in [3.05, 3.63) is 0 Å². The second kappa shape index (κ2) is 6.53. The predicted molar refractivity (Wildman–Crippen MR) is 79.9 cm³/mol. The zero-order valence-electron chi connectivity index (χ0n) is 12.3. The highest BCUT2D eigenvalue weighted by Gasteiger charge is 2.20. The summed E-state index contributed by atoms with van der Waals surface area (Å²) in [5.74, 6) is 2.47. The molecule has 2 nitrogen and oxygen atoms in total. The molecular formula is C12H30N2S2+2. The molecule has 0 aliphatic rings. The molecule has 0 bridgehead atoms. The fourth-order valence-corrected chi connectivity index (χ4v) is 3.98. The van der Waals surface area contributed by atoms with Crippen LogP contribution in [-0.4, -0.2) is 74.8 Å². The molecule has 0 radical (unpaired) electrons. The summed E-state index contributed by atoms with van der Waals surface area (Å²) in [6.07, 6.45) is 0. The lowest BCUT2D eigenvalue weighted by atomic mass is 10.3. The summed E-state index contributed by atoms with van der Waals surface area (Å²) in [5.41, 5.74) is 0. The molecule has 0 saturated heterocycles. The van der Waals surface area contributed by atoms with Crippen LogP contribution in [0.5, 0.6) is 0 Å². The van der Waals surface area contributed by atoms with Crippen molar-refractivity contribution in [2.45, 2.75) is 25.9 Å². The zero-order chi connectivity index (χ0) is 13.0. The van der Waals surface area contributed by atoms with E-state index in [4.69, 9.17) is 0 Å². The molecule has 0 aliphatic carbocycles. The molecule has 0 amide bonds. The Labute approximate surface area is 110 Å². The Morgan fingerprint density at radius 3 is 1.12 bits per heavy atom. The van der Waals surface area contributed by atoms with E-state index in [2.05, 4.69) is 56.1 Å². The van der Waals surface area contributed by atoms with Gasteiger partial charge < -0.3 is 8.97 Å². The number of quaternary nitrogens is 2. The van der Waals surface area contributed by atoms with Gasteiger partial charge in [-0.2, -0.15) is 0 Å².